The average Bonchev–Trinajstić information content (AvgIpc) is 3.20. The van der Waals surface area contributed by atoms with Crippen molar-refractivity contribution in [3.63, 3.8) is 0 Å². The predicted molar refractivity (Wildman–Crippen MR) is 107 cm³/mol. The molecule has 0 aliphatic rings. The van der Waals surface area contributed by atoms with Crippen LogP contribution in [0.2, 0.25) is 0 Å². The topological polar surface area (TPSA) is 116 Å². The SMILES string of the molecule is CCNC(=NCC(C)(O)c1ccsc1)NCCNS(=O)(=O)c1cccnc1. The first-order valence-corrected chi connectivity index (χ1v) is 10.9. The molecule has 8 nitrogen and oxygen atoms in total. The lowest BCUT2D eigenvalue weighted by Gasteiger charge is -2.21. The molecule has 148 valence electrons. The van der Waals surface area contributed by atoms with Crippen molar-refractivity contribution in [3.05, 3.63) is 46.9 Å². The Morgan fingerprint density at radius 2 is 2.15 bits per heavy atom. The van der Waals surface area contributed by atoms with Gasteiger partial charge in [-0.15, -0.1) is 0 Å². The van der Waals surface area contributed by atoms with E-state index in [0.29, 0.717) is 19.0 Å². The van der Waals surface area contributed by atoms with E-state index in [2.05, 4.69) is 25.3 Å². The Bertz CT molecular complexity index is 822. The Balaban J connectivity index is 1.87. The molecule has 2 aromatic heterocycles. The third-order valence-corrected chi connectivity index (χ3v) is 5.82. The van der Waals surface area contributed by atoms with E-state index in [1.807, 2.05) is 23.8 Å². The number of aromatic nitrogens is 1. The van der Waals surface area contributed by atoms with Crippen molar-refractivity contribution in [2.75, 3.05) is 26.2 Å². The normalized spacial score (nSPS) is 14.6. The van der Waals surface area contributed by atoms with Crippen molar-refractivity contribution in [2.24, 2.45) is 4.99 Å². The molecule has 2 heterocycles. The summed E-state index contributed by atoms with van der Waals surface area (Å²) in [4.78, 5) is 8.33. The molecule has 0 saturated carbocycles. The molecule has 10 heteroatoms. The summed E-state index contributed by atoms with van der Waals surface area (Å²) in [5.41, 5.74) is -0.249. The summed E-state index contributed by atoms with van der Waals surface area (Å²) < 4.78 is 26.8. The number of hydrogen-bond donors (Lipinski definition) is 4. The fourth-order valence-electron chi connectivity index (χ4n) is 2.19. The number of sulfonamides is 1. The number of pyridine rings is 1. The molecule has 2 aromatic rings. The van der Waals surface area contributed by atoms with Crippen molar-refractivity contribution < 1.29 is 13.5 Å². The summed E-state index contributed by atoms with van der Waals surface area (Å²) in [6.07, 6.45) is 2.82. The predicted octanol–water partition coefficient (Wildman–Crippen LogP) is 0.884. The first-order chi connectivity index (χ1) is 12.8. The van der Waals surface area contributed by atoms with Gasteiger partial charge >= 0.3 is 0 Å². The summed E-state index contributed by atoms with van der Waals surface area (Å²) in [6.45, 7) is 4.99. The Morgan fingerprint density at radius 3 is 2.78 bits per heavy atom. The van der Waals surface area contributed by atoms with E-state index in [9.17, 15) is 13.5 Å². The second-order valence-corrected chi connectivity index (χ2v) is 8.54. The van der Waals surface area contributed by atoms with Crippen LogP contribution in [0.25, 0.3) is 0 Å². The molecular weight excluding hydrogens is 386 g/mol. The van der Waals surface area contributed by atoms with Gasteiger partial charge in [0.25, 0.3) is 0 Å². The van der Waals surface area contributed by atoms with Crippen molar-refractivity contribution in [1.82, 2.24) is 20.3 Å². The highest BCUT2D eigenvalue weighted by molar-refractivity contribution is 7.89. The molecule has 0 aromatic carbocycles. The van der Waals surface area contributed by atoms with Crippen LogP contribution in [0, 0.1) is 0 Å². The van der Waals surface area contributed by atoms with Crippen LogP contribution in [-0.4, -0.2) is 50.6 Å². The molecule has 0 bridgehead atoms. The first-order valence-electron chi connectivity index (χ1n) is 8.52. The number of nitrogens with one attached hydrogen (secondary N) is 3. The number of nitrogens with zero attached hydrogens (tertiary/aromatic N) is 2. The largest absolute Gasteiger partial charge is 0.383 e. The highest BCUT2D eigenvalue weighted by atomic mass is 32.2. The molecule has 4 N–H and O–H groups in total. The van der Waals surface area contributed by atoms with E-state index in [0.717, 1.165) is 5.56 Å². The highest BCUT2D eigenvalue weighted by Crippen LogP contribution is 2.23. The van der Waals surface area contributed by atoms with E-state index >= 15 is 0 Å². The second kappa shape index (κ2) is 9.79. The molecular formula is C17H25N5O3S2. The van der Waals surface area contributed by atoms with Crippen molar-refractivity contribution in [2.45, 2.75) is 24.3 Å². The lowest BCUT2D eigenvalue weighted by atomic mass is 10.00. The van der Waals surface area contributed by atoms with Gasteiger partial charge in [-0.3, -0.25) is 4.98 Å². The quantitative estimate of drug-likeness (QED) is 0.277. The number of guanidine groups is 1. The fraction of sp³-hybridized carbons (Fsp3) is 0.412. The highest BCUT2D eigenvalue weighted by Gasteiger charge is 2.23. The van der Waals surface area contributed by atoms with E-state index in [1.165, 1.54) is 29.8 Å². The summed E-state index contributed by atoms with van der Waals surface area (Å²) in [7, 11) is -3.59. The van der Waals surface area contributed by atoms with E-state index < -0.39 is 15.6 Å². The standard InChI is InChI=1S/C17H25N5O3S2/c1-3-19-16(21-13-17(2,23)14-6-10-26-12-14)20-8-9-22-27(24,25)15-5-4-7-18-11-15/h4-7,10-12,22-23H,3,8-9,13H2,1-2H3,(H2,19,20,21). The third-order valence-electron chi connectivity index (χ3n) is 3.69. The molecule has 0 fully saturated rings. The molecule has 1 unspecified atom stereocenters. The van der Waals surface area contributed by atoms with Gasteiger partial charge in [-0.05, 0) is 48.4 Å². The number of aliphatic imine (C=N–C) groups is 1. The lowest BCUT2D eigenvalue weighted by molar-refractivity contribution is 0.0677. The van der Waals surface area contributed by atoms with E-state index in [-0.39, 0.29) is 18.0 Å². The minimum atomic E-state index is -3.59. The van der Waals surface area contributed by atoms with Crippen molar-refractivity contribution in [3.8, 4) is 0 Å². The van der Waals surface area contributed by atoms with Crippen LogP contribution >= 0.6 is 11.3 Å². The van der Waals surface area contributed by atoms with Gasteiger partial charge in [-0.1, -0.05) is 0 Å². The Labute approximate surface area is 163 Å². The molecule has 0 radical (unpaired) electrons. The Hall–Kier alpha value is -2.01. The maximum absolute atomic E-state index is 12.1. The number of rotatable bonds is 9. The van der Waals surface area contributed by atoms with Gasteiger partial charge in [-0.25, -0.2) is 18.1 Å². The van der Waals surface area contributed by atoms with Crippen LogP contribution in [0.15, 0.2) is 51.2 Å². The summed E-state index contributed by atoms with van der Waals surface area (Å²) in [5.74, 6) is 0.508. The zero-order chi connectivity index (χ0) is 19.8. The number of aliphatic hydroxyl groups is 1. The molecule has 1 atom stereocenters. The minimum absolute atomic E-state index is 0.123. The van der Waals surface area contributed by atoms with Gasteiger partial charge in [-0.2, -0.15) is 11.3 Å². The zero-order valence-electron chi connectivity index (χ0n) is 15.3. The molecule has 0 spiro atoms. The zero-order valence-corrected chi connectivity index (χ0v) is 17.0. The average molecular weight is 412 g/mol. The van der Waals surface area contributed by atoms with Crippen LogP contribution in [-0.2, 0) is 15.6 Å². The van der Waals surface area contributed by atoms with Gasteiger partial charge in [0, 0.05) is 32.0 Å². The lowest BCUT2D eigenvalue weighted by Crippen LogP contribution is -2.42. The summed E-state index contributed by atoms with van der Waals surface area (Å²) >= 11 is 1.52. The number of hydrogen-bond acceptors (Lipinski definition) is 6. The maximum atomic E-state index is 12.1. The minimum Gasteiger partial charge on any atom is -0.383 e. The summed E-state index contributed by atoms with van der Waals surface area (Å²) in [6, 6.07) is 4.93. The van der Waals surface area contributed by atoms with Gasteiger partial charge in [0.1, 0.15) is 10.5 Å². The fourth-order valence-corrected chi connectivity index (χ4v) is 3.97. The smallest absolute Gasteiger partial charge is 0.242 e. The van der Waals surface area contributed by atoms with Crippen molar-refractivity contribution >= 4 is 27.3 Å². The molecule has 0 aliphatic carbocycles. The Kier molecular flexibility index (Phi) is 7.72. The van der Waals surface area contributed by atoms with Crippen molar-refractivity contribution in [1.29, 1.82) is 0 Å². The van der Waals surface area contributed by atoms with Crippen LogP contribution in [0.5, 0.6) is 0 Å². The molecule has 2 rings (SSSR count). The van der Waals surface area contributed by atoms with Gasteiger partial charge in [0.15, 0.2) is 5.96 Å². The monoisotopic (exact) mass is 411 g/mol. The van der Waals surface area contributed by atoms with Crippen LogP contribution in [0.1, 0.15) is 19.4 Å². The molecule has 27 heavy (non-hydrogen) atoms. The van der Waals surface area contributed by atoms with E-state index in [1.54, 1.807) is 13.0 Å². The van der Waals surface area contributed by atoms with Gasteiger partial charge < -0.3 is 15.7 Å². The van der Waals surface area contributed by atoms with Crippen LogP contribution in [0.4, 0.5) is 0 Å². The molecule has 0 aliphatic heterocycles. The summed E-state index contributed by atoms with van der Waals surface area (Å²) in [5, 5.41) is 20.5. The third kappa shape index (κ3) is 6.58. The number of thiophene rings is 1. The van der Waals surface area contributed by atoms with Gasteiger partial charge in [0.05, 0.1) is 6.54 Å². The van der Waals surface area contributed by atoms with Crippen LogP contribution < -0.4 is 15.4 Å². The van der Waals surface area contributed by atoms with E-state index in [4.69, 9.17) is 0 Å². The van der Waals surface area contributed by atoms with Gasteiger partial charge in [0.2, 0.25) is 10.0 Å². The second-order valence-electron chi connectivity index (χ2n) is 5.99. The molecule has 0 amide bonds. The first kappa shape index (κ1) is 21.3. The maximum Gasteiger partial charge on any atom is 0.242 e. The Morgan fingerprint density at radius 1 is 1.33 bits per heavy atom. The van der Waals surface area contributed by atoms with Crippen LogP contribution in [0.3, 0.4) is 0 Å². The molecule has 0 saturated heterocycles.